The van der Waals surface area contributed by atoms with E-state index in [4.69, 9.17) is 0 Å². The molecule has 2 N–H and O–H groups in total. The van der Waals surface area contributed by atoms with Gasteiger partial charge >= 0.3 is 0 Å². The average Bonchev–Trinajstić information content (AvgIpc) is 1.81. The first-order valence-electron chi connectivity index (χ1n) is 2.26. The van der Waals surface area contributed by atoms with E-state index in [1.54, 1.807) is 0 Å². The van der Waals surface area contributed by atoms with Gasteiger partial charge in [-0.3, -0.25) is 9.59 Å². The molecule has 0 unspecified atom stereocenters. The van der Waals surface area contributed by atoms with E-state index < -0.39 is 0 Å². The van der Waals surface area contributed by atoms with Crippen molar-refractivity contribution in [2.75, 3.05) is 13.1 Å². The number of nitrogens with one attached hydrogen (secondary N) is 2. The number of carbonyl (C=O) groups is 2. The van der Waals surface area contributed by atoms with Crippen molar-refractivity contribution in [2.24, 2.45) is 0 Å². The average molecular weight is 116 g/mol. The molecule has 46 valence electrons. The Hall–Kier alpha value is -1.06. The molecule has 4 nitrogen and oxygen atoms in total. The molecule has 0 spiro atoms. The lowest BCUT2D eigenvalue weighted by atomic mass is 10.6. The van der Waals surface area contributed by atoms with Crippen LogP contribution >= 0.6 is 0 Å². The Labute approximate surface area is 47.3 Å². The zero-order valence-electron chi connectivity index (χ0n) is 4.39. The molecule has 0 aromatic rings. The maximum absolute atomic E-state index is 9.54. The summed E-state index contributed by atoms with van der Waals surface area (Å²) in [5, 5.41) is 4.76. The predicted molar refractivity (Wildman–Crippen MR) is 28.1 cm³/mol. The van der Waals surface area contributed by atoms with Crippen molar-refractivity contribution < 1.29 is 9.59 Å². The molecule has 0 aromatic carbocycles. The highest BCUT2D eigenvalue weighted by atomic mass is 16.1. The van der Waals surface area contributed by atoms with E-state index >= 15 is 0 Å². The third kappa shape index (κ3) is 4.94. The van der Waals surface area contributed by atoms with Gasteiger partial charge in [0.25, 0.3) is 0 Å². The van der Waals surface area contributed by atoms with Gasteiger partial charge in [-0.1, -0.05) is 0 Å². The van der Waals surface area contributed by atoms with E-state index in [-0.39, 0.29) is 0 Å². The van der Waals surface area contributed by atoms with Crippen LogP contribution in [0.15, 0.2) is 0 Å². The smallest absolute Gasteiger partial charge is 0.207 e. The van der Waals surface area contributed by atoms with Gasteiger partial charge in [0.05, 0.1) is 0 Å². The lowest BCUT2D eigenvalue weighted by Gasteiger charge is -1.93. The van der Waals surface area contributed by atoms with Gasteiger partial charge in [-0.05, 0) is 0 Å². The van der Waals surface area contributed by atoms with E-state index in [0.29, 0.717) is 25.9 Å². The van der Waals surface area contributed by atoms with Crippen LogP contribution in [0.2, 0.25) is 0 Å². The molecule has 4 heteroatoms. The molecule has 0 saturated carbocycles. The molecule has 0 aromatic heterocycles. The van der Waals surface area contributed by atoms with Crippen LogP contribution < -0.4 is 10.6 Å². The molecule has 0 aliphatic carbocycles. The quantitative estimate of drug-likeness (QED) is 0.338. The molecular formula is C4H8N2O2. The summed E-state index contributed by atoms with van der Waals surface area (Å²) in [6.45, 7) is 0.977. The summed E-state index contributed by atoms with van der Waals surface area (Å²) in [4.78, 5) is 19.1. The van der Waals surface area contributed by atoms with Crippen molar-refractivity contribution in [3.05, 3.63) is 0 Å². The number of hydrogen-bond acceptors (Lipinski definition) is 2. The molecule has 0 saturated heterocycles. The highest BCUT2D eigenvalue weighted by molar-refractivity contribution is 5.47. The van der Waals surface area contributed by atoms with Gasteiger partial charge in [0.1, 0.15) is 0 Å². The Morgan fingerprint density at radius 1 is 1.00 bits per heavy atom. The number of rotatable bonds is 5. The van der Waals surface area contributed by atoms with E-state index in [2.05, 4.69) is 10.6 Å². The Morgan fingerprint density at radius 2 is 1.38 bits per heavy atom. The molecule has 8 heavy (non-hydrogen) atoms. The highest BCUT2D eigenvalue weighted by Gasteiger charge is 1.77. The van der Waals surface area contributed by atoms with Crippen molar-refractivity contribution >= 4 is 12.8 Å². The van der Waals surface area contributed by atoms with Crippen molar-refractivity contribution in [3.8, 4) is 0 Å². The van der Waals surface area contributed by atoms with Crippen LogP contribution in [0.4, 0.5) is 0 Å². The largest absolute Gasteiger partial charge is 0.357 e. The van der Waals surface area contributed by atoms with Crippen LogP contribution in [0.1, 0.15) is 0 Å². The second-order valence-corrected chi connectivity index (χ2v) is 1.14. The summed E-state index contributed by atoms with van der Waals surface area (Å²) in [6.07, 6.45) is 1.18. The minimum atomic E-state index is 0.488. The predicted octanol–water partition coefficient (Wildman–Crippen LogP) is -1.52. The van der Waals surface area contributed by atoms with Crippen molar-refractivity contribution in [1.29, 1.82) is 0 Å². The first-order valence-corrected chi connectivity index (χ1v) is 2.26. The van der Waals surface area contributed by atoms with Crippen LogP contribution in [0.25, 0.3) is 0 Å². The second-order valence-electron chi connectivity index (χ2n) is 1.14. The normalized spacial score (nSPS) is 7.50. The zero-order valence-corrected chi connectivity index (χ0v) is 4.39. The summed E-state index contributed by atoms with van der Waals surface area (Å²) in [5.41, 5.74) is 0. The maximum Gasteiger partial charge on any atom is 0.207 e. The van der Waals surface area contributed by atoms with Gasteiger partial charge in [0.2, 0.25) is 12.8 Å². The fourth-order valence-electron chi connectivity index (χ4n) is 0.262. The fourth-order valence-corrected chi connectivity index (χ4v) is 0.262. The Morgan fingerprint density at radius 3 is 1.62 bits per heavy atom. The Kier molecular flexibility index (Phi) is 5.15. The molecule has 0 rings (SSSR count). The SMILES string of the molecule is O=CNCCNC=O. The number of amides is 2. The van der Waals surface area contributed by atoms with Crippen LogP contribution in [0.3, 0.4) is 0 Å². The first kappa shape index (κ1) is 6.94. The standard InChI is InChI=1S/C4H8N2O2/c7-3-5-1-2-6-4-8/h3-4H,1-2H2,(H,5,7)(H,6,8). The zero-order chi connectivity index (χ0) is 6.24. The third-order valence-electron chi connectivity index (χ3n) is 0.580. The van der Waals surface area contributed by atoms with E-state index in [1.165, 1.54) is 0 Å². The molecule has 0 bridgehead atoms. The fraction of sp³-hybridized carbons (Fsp3) is 0.500. The summed E-state index contributed by atoms with van der Waals surface area (Å²) in [6, 6.07) is 0. The lowest BCUT2D eigenvalue weighted by molar-refractivity contribution is -0.111. The summed E-state index contributed by atoms with van der Waals surface area (Å²) < 4.78 is 0. The van der Waals surface area contributed by atoms with E-state index in [0.717, 1.165) is 0 Å². The molecule has 0 aliphatic rings. The van der Waals surface area contributed by atoms with E-state index in [1.807, 2.05) is 0 Å². The first-order chi connectivity index (χ1) is 3.91. The molecule has 0 radical (unpaired) electrons. The molecule has 0 heterocycles. The highest BCUT2D eigenvalue weighted by Crippen LogP contribution is 1.47. The second kappa shape index (κ2) is 5.94. The van der Waals surface area contributed by atoms with Crippen LogP contribution in [-0.4, -0.2) is 25.9 Å². The topological polar surface area (TPSA) is 58.2 Å². The lowest BCUT2D eigenvalue weighted by Crippen LogP contribution is -2.25. The molecule has 0 atom stereocenters. The Balaban J connectivity index is 2.71. The van der Waals surface area contributed by atoms with Crippen molar-refractivity contribution in [3.63, 3.8) is 0 Å². The molecule has 0 fully saturated rings. The summed E-state index contributed by atoms with van der Waals surface area (Å²) in [7, 11) is 0. The van der Waals surface area contributed by atoms with Gasteiger partial charge in [-0.2, -0.15) is 0 Å². The summed E-state index contributed by atoms with van der Waals surface area (Å²) in [5.74, 6) is 0. The minimum Gasteiger partial charge on any atom is -0.357 e. The van der Waals surface area contributed by atoms with Gasteiger partial charge in [-0.25, -0.2) is 0 Å². The van der Waals surface area contributed by atoms with Crippen molar-refractivity contribution in [2.45, 2.75) is 0 Å². The van der Waals surface area contributed by atoms with Gasteiger partial charge in [0.15, 0.2) is 0 Å². The van der Waals surface area contributed by atoms with Gasteiger partial charge in [-0.15, -0.1) is 0 Å². The monoisotopic (exact) mass is 116 g/mol. The van der Waals surface area contributed by atoms with Crippen molar-refractivity contribution in [1.82, 2.24) is 10.6 Å². The van der Waals surface area contributed by atoms with Gasteiger partial charge < -0.3 is 10.6 Å². The third-order valence-corrected chi connectivity index (χ3v) is 0.580. The molecule has 0 aliphatic heterocycles. The van der Waals surface area contributed by atoms with Gasteiger partial charge in [0, 0.05) is 13.1 Å². The number of hydrogen-bond donors (Lipinski definition) is 2. The van der Waals surface area contributed by atoms with Crippen LogP contribution in [-0.2, 0) is 9.59 Å². The van der Waals surface area contributed by atoms with E-state index in [9.17, 15) is 9.59 Å². The molecule has 2 amide bonds. The molecular weight excluding hydrogens is 108 g/mol. The minimum absolute atomic E-state index is 0.488. The maximum atomic E-state index is 9.54. The van der Waals surface area contributed by atoms with Crippen LogP contribution in [0.5, 0.6) is 0 Å². The van der Waals surface area contributed by atoms with Crippen LogP contribution in [0, 0.1) is 0 Å². The number of carbonyl (C=O) groups excluding carboxylic acids is 2. The summed E-state index contributed by atoms with van der Waals surface area (Å²) >= 11 is 0. The Bertz CT molecular complexity index is 64.4.